The molecule has 0 spiro atoms. The second-order valence-electron chi connectivity index (χ2n) is 12.7. The summed E-state index contributed by atoms with van der Waals surface area (Å²) in [4.78, 5) is 21.1. The van der Waals surface area contributed by atoms with E-state index in [0.717, 1.165) is 44.5 Å². The summed E-state index contributed by atoms with van der Waals surface area (Å²) in [7, 11) is 0. The molecule has 44 heavy (non-hydrogen) atoms. The molecule has 234 valence electrons. The van der Waals surface area contributed by atoms with Crippen LogP contribution in [0.3, 0.4) is 0 Å². The number of piperazine rings is 1. The summed E-state index contributed by atoms with van der Waals surface area (Å²) >= 11 is 0. The quantitative estimate of drug-likeness (QED) is 0.418. The van der Waals surface area contributed by atoms with Crippen molar-refractivity contribution in [2.24, 2.45) is 0 Å². The van der Waals surface area contributed by atoms with Crippen LogP contribution in [0.15, 0.2) is 12.3 Å². The predicted molar refractivity (Wildman–Crippen MR) is 150 cm³/mol. The van der Waals surface area contributed by atoms with Gasteiger partial charge in [-0.15, -0.1) is 0 Å². The highest BCUT2D eigenvalue weighted by Gasteiger charge is 2.50. The standard InChI is InChI=1S/C29H31F5N8O2/c1-13-23-18-4-3-16(37-18)11-42(23)25-19-22(39-27(40-25)43-12-28-5-2-6-41(28)10-14(30)8-28)20(31)21(38-26(19)44-13)17-7-15(35)9-36-24(17)29(32,33)34/h7,9,13-14,16,18,23,37H,2-6,8,10-12,35H2,1H3/t13-,14+,16+,18-,23+,28-/m0/s1. The fourth-order valence-corrected chi connectivity index (χ4v) is 8.07. The normalized spacial score (nSPS) is 31.1. The highest BCUT2D eigenvalue weighted by atomic mass is 19.4. The Morgan fingerprint density at radius 1 is 1.20 bits per heavy atom. The summed E-state index contributed by atoms with van der Waals surface area (Å²) in [6, 6.07) is 0.866. The molecule has 2 bridgehead atoms. The van der Waals surface area contributed by atoms with E-state index < -0.39 is 46.8 Å². The summed E-state index contributed by atoms with van der Waals surface area (Å²) in [6.07, 6.45) is -1.68. The molecule has 8 rings (SSSR count). The minimum Gasteiger partial charge on any atom is -0.472 e. The van der Waals surface area contributed by atoms with Crippen molar-refractivity contribution in [3.05, 3.63) is 23.8 Å². The second kappa shape index (κ2) is 9.70. The van der Waals surface area contributed by atoms with Gasteiger partial charge >= 0.3 is 12.2 Å². The number of ether oxygens (including phenoxy) is 2. The fraction of sp³-hybridized carbons (Fsp3) is 0.586. The Morgan fingerprint density at radius 2 is 2.05 bits per heavy atom. The van der Waals surface area contributed by atoms with Gasteiger partial charge in [0.15, 0.2) is 11.5 Å². The predicted octanol–water partition coefficient (Wildman–Crippen LogP) is 3.87. The average Bonchev–Trinajstić information content (AvgIpc) is 3.60. The van der Waals surface area contributed by atoms with E-state index >= 15 is 4.39 Å². The maximum absolute atomic E-state index is 16.6. The van der Waals surface area contributed by atoms with E-state index in [4.69, 9.17) is 20.2 Å². The molecule has 4 saturated heterocycles. The number of aromatic nitrogens is 4. The summed E-state index contributed by atoms with van der Waals surface area (Å²) in [5, 5.41) is 3.77. The first-order valence-corrected chi connectivity index (χ1v) is 15.0. The molecular weight excluding hydrogens is 587 g/mol. The van der Waals surface area contributed by atoms with Gasteiger partial charge in [0.05, 0.1) is 23.5 Å². The number of nitrogens with two attached hydrogens (primary N) is 1. The summed E-state index contributed by atoms with van der Waals surface area (Å²) < 4.78 is 85.7. The number of pyridine rings is 2. The van der Waals surface area contributed by atoms with Gasteiger partial charge in [0.1, 0.15) is 41.3 Å². The van der Waals surface area contributed by atoms with E-state index in [0.29, 0.717) is 25.3 Å². The number of fused-ring (bicyclic) bond motifs is 6. The van der Waals surface area contributed by atoms with Gasteiger partial charge in [0.25, 0.3) is 0 Å². The number of hydrogen-bond donors (Lipinski definition) is 2. The van der Waals surface area contributed by atoms with Crippen molar-refractivity contribution in [2.45, 2.75) is 81.1 Å². The van der Waals surface area contributed by atoms with Crippen LogP contribution >= 0.6 is 0 Å². The van der Waals surface area contributed by atoms with Gasteiger partial charge in [-0.1, -0.05) is 0 Å². The van der Waals surface area contributed by atoms with Crippen molar-refractivity contribution < 1.29 is 31.4 Å². The highest BCUT2D eigenvalue weighted by molar-refractivity contribution is 5.97. The third kappa shape index (κ3) is 4.25. The summed E-state index contributed by atoms with van der Waals surface area (Å²) in [6.45, 7) is 3.61. The van der Waals surface area contributed by atoms with Crippen LogP contribution < -0.4 is 25.4 Å². The molecule has 0 aliphatic carbocycles. The topological polar surface area (TPSA) is 115 Å². The van der Waals surface area contributed by atoms with Gasteiger partial charge in [-0.3, -0.25) is 4.90 Å². The first-order valence-electron chi connectivity index (χ1n) is 15.0. The Balaban J connectivity index is 1.31. The second-order valence-corrected chi connectivity index (χ2v) is 12.7. The van der Waals surface area contributed by atoms with Gasteiger partial charge in [0, 0.05) is 37.2 Å². The lowest BCUT2D eigenvalue weighted by Crippen LogP contribution is -2.62. The van der Waals surface area contributed by atoms with Crippen molar-refractivity contribution in [2.75, 3.05) is 36.9 Å². The van der Waals surface area contributed by atoms with Crippen molar-refractivity contribution >= 4 is 22.4 Å². The van der Waals surface area contributed by atoms with Crippen LogP contribution in [0.2, 0.25) is 0 Å². The Labute approximate surface area is 249 Å². The van der Waals surface area contributed by atoms with Crippen LogP contribution in [0.1, 0.15) is 44.7 Å². The molecular formula is C29H31F5N8O2. The Hall–Kier alpha value is -3.59. The van der Waals surface area contributed by atoms with Crippen LogP contribution in [0.4, 0.5) is 33.5 Å². The number of halogens is 5. The van der Waals surface area contributed by atoms with Crippen molar-refractivity contribution in [1.82, 2.24) is 30.2 Å². The molecule has 15 heteroatoms. The van der Waals surface area contributed by atoms with Gasteiger partial charge < -0.3 is 25.4 Å². The first-order chi connectivity index (χ1) is 21.0. The first kappa shape index (κ1) is 27.9. The average molecular weight is 619 g/mol. The number of nitrogen functional groups attached to an aromatic ring is 1. The molecule has 8 heterocycles. The van der Waals surface area contributed by atoms with E-state index in [1.165, 1.54) is 0 Å². The lowest BCUT2D eigenvalue weighted by atomic mass is 9.95. The smallest absolute Gasteiger partial charge is 0.434 e. The van der Waals surface area contributed by atoms with Crippen LogP contribution in [0.25, 0.3) is 22.2 Å². The molecule has 0 aromatic carbocycles. The summed E-state index contributed by atoms with van der Waals surface area (Å²) in [5.74, 6) is -0.834. The zero-order valence-corrected chi connectivity index (χ0v) is 23.9. The lowest BCUT2D eigenvalue weighted by Gasteiger charge is -2.42. The molecule has 4 fully saturated rings. The Kier molecular flexibility index (Phi) is 6.16. The number of nitrogens with one attached hydrogen (secondary N) is 1. The van der Waals surface area contributed by atoms with E-state index in [1.807, 2.05) is 6.92 Å². The molecule has 0 amide bonds. The minimum absolute atomic E-state index is 0.0534. The van der Waals surface area contributed by atoms with Crippen LogP contribution in [-0.2, 0) is 6.18 Å². The Morgan fingerprint density at radius 3 is 2.86 bits per heavy atom. The molecule has 5 aliphatic heterocycles. The molecule has 6 atom stereocenters. The zero-order chi connectivity index (χ0) is 30.5. The summed E-state index contributed by atoms with van der Waals surface area (Å²) in [5.41, 5.74) is 2.32. The molecule has 3 aromatic rings. The number of rotatable bonds is 4. The van der Waals surface area contributed by atoms with E-state index in [2.05, 4.69) is 30.1 Å². The van der Waals surface area contributed by atoms with Gasteiger partial charge in [-0.2, -0.15) is 23.1 Å². The van der Waals surface area contributed by atoms with Crippen LogP contribution in [0, 0.1) is 5.82 Å². The Bertz CT molecular complexity index is 1660. The number of hydrogen-bond acceptors (Lipinski definition) is 10. The number of nitrogens with zero attached hydrogens (tertiary/aromatic N) is 6. The third-order valence-electron chi connectivity index (χ3n) is 9.89. The third-order valence-corrected chi connectivity index (χ3v) is 9.89. The largest absolute Gasteiger partial charge is 0.472 e. The molecule has 0 saturated carbocycles. The van der Waals surface area contributed by atoms with Crippen LogP contribution in [-0.4, -0.2) is 87.0 Å². The molecule has 0 unspecified atom stereocenters. The van der Waals surface area contributed by atoms with Gasteiger partial charge in [-0.25, -0.2) is 18.7 Å². The van der Waals surface area contributed by atoms with Gasteiger partial charge in [0.2, 0.25) is 5.88 Å². The maximum atomic E-state index is 16.6. The maximum Gasteiger partial charge on any atom is 0.434 e. The van der Waals surface area contributed by atoms with Crippen molar-refractivity contribution in [3.8, 4) is 23.1 Å². The fourth-order valence-electron chi connectivity index (χ4n) is 8.07. The monoisotopic (exact) mass is 618 g/mol. The molecule has 3 aromatic heterocycles. The molecule has 5 aliphatic rings. The van der Waals surface area contributed by atoms with E-state index in [1.54, 1.807) is 0 Å². The molecule has 3 N–H and O–H groups in total. The lowest BCUT2D eigenvalue weighted by molar-refractivity contribution is -0.140. The molecule has 10 nitrogen and oxygen atoms in total. The van der Waals surface area contributed by atoms with Gasteiger partial charge in [-0.05, 0) is 45.2 Å². The van der Waals surface area contributed by atoms with Crippen LogP contribution in [0.5, 0.6) is 11.9 Å². The molecule has 0 radical (unpaired) electrons. The number of anilines is 2. The van der Waals surface area contributed by atoms with E-state index in [9.17, 15) is 17.6 Å². The van der Waals surface area contributed by atoms with Crippen molar-refractivity contribution in [1.29, 1.82) is 0 Å². The minimum atomic E-state index is -4.91. The zero-order valence-electron chi connectivity index (χ0n) is 23.9. The van der Waals surface area contributed by atoms with Crippen molar-refractivity contribution in [3.63, 3.8) is 0 Å². The highest BCUT2D eigenvalue weighted by Crippen LogP contribution is 2.46. The van der Waals surface area contributed by atoms with E-state index in [-0.39, 0.29) is 53.2 Å². The SMILES string of the molecule is C[C@@H]1Oc2nc(-c3cc(N)cnc3C(F)(F)F)c(F)c3nc(OC[C@@]45CCCN4C[C@H](F)C5)nc(c23)N2C[C@H]3CC[C@H](N3)[C@@H]12. The number of alkyl halides is 4.